The summed E-state index contributed by atoms with van der Waals surface area (Å²) in [5, 5.41) is 0. The second kappa shape index (κ2) is 4.08. The Bertz CT molecular complexity index is 526. The maximum atomic E-state index is 10.6. The summed E-state index contributed by atoms with van der Waals surface area (Å²) in [6.45, 7) is 6.28. The van der Waals surface area contributed by atoms with Gasteiger partial charge in [-0.15, -0.1) is 0 Å². The molecule has 3 nitrogen and oxygen atoms in total. The van der Waals surface area contributed by atoms with Gasteiger partial charge in [-0.2, -0.15) is 0 Å². The highest BCUT2D eigenvalue weighted by atomic mass is 16.1. The van der Waals surface area contributed by atoms with Gasteiger partial charge in [0.15, 0.2) is 0 Å². The number of aromatic nitrogens is 2. The molecule has 0 aliphatic heterocycles. The van der Waals surface area contributed by atoms with Crippen LogP contribution in [0.25, 0.3) is 5.52 Å². The van der Waals surface area contributed by atoms with Crippen LogP contribution in [0.1, 0.15) is 36.8 Å². The average Bonchev–Trinajstić information content (AvgIpc) is 2.57. The number of nitrogens with zero attached hydrogens (tertiary/aromatic N) is 2. The molecule has 0 aromatic carbocycles. The van der Waals surface area contributed by atoms with Crippen LogP contribution in [-0.2, 0) is 11.2 Å². The Labute approximate surface area is 95.1 Å². The van der Waals surface area contributed by atoms with E-state index < -0.39 is 0 Å². The first-order chi connectivity index (χ1) is 7.63. The molecule has 16 heavy (non-hydrogen) atoms. The van der Waals surface area contributed by atoms with Gasteiger partial charge in [-0.1, -0.05) is 19.9 Å². The Morgan fingerprint density at radius 2 is 2.19 bits per heavy atom. The van der Waals surface area contributed by atoms with Crippen LogP contribution in [0.15, 0.2) is 18.3 Å². The SMILES string of the molecule is Cc1ccc2c(CC=O)nc(C(C)C)n2c1. The predicted molar refractivity (Wildman–Crippen MR) is 63.8 cm³/mol. The van der Waals surface area contributed by atoms with E-state index in [2.05, 4.69) is 42.4 Å². The Hall–Kier alpha value is -1.64. The molecule has 0 unspecified atom stereocenters. The van der Waals surface area contributed by atoms with Crippen LogP contribution >= 0.6 is 0 Å². The van der Waals surface area contributed by atoms with E-state index in [-0.39, 0.29) is 0 Å². The van der Waals surface area contributed by atoms with Gasteiger partial charge in [0.2, 0.25) is 0 Å². The van der Waals surface area contributed by atoms with Crippen LogP contribution in [-0.4, -0.2) is 15.7 Å². The zero-order valence-electron chi connectivity index (χ0n) is 9.90. The van der Waals surface area contributed by atoms with Crippen molar-refractivity contribution in [3.8, 4) is 0 Å². The Morgan fingerprint density at radius 3 is 2.81 bits per heavy atom. The van der Waals surface area contributed by atoms with E-state index in [9.17, 15) is 4.79 Å². The van der Waals surface area contributed by atoms with Gasteiger partial charge in [0, 0.05) is 18.5 Å². The van der Waals surface area contributed by atoms with Gasteiger partial charge in [-0.3, -0.25) is 0 Å². The number of carbonyl (C=O) groups excluding carboxylic acids is 1. The van der Waals surface area contributed by atoms with Crippen molar-refractivity contribution in [3.05, 3.63) is 35.4 Å². The summed E-state index contributed by atoms with van der Waals surface area (Å²) in [7, 11) is 0. The first-order valence-electron chi connectivity index (χ1n) is 5.54. The highest BCUT2D eigenvalue weighted by Crippen LogP contribution is 2.20. The highest BCUT2D eigenvalue weighted by Gasteiger charge is 2.12. The van der Waals surface area contributed by atoms with Gasteiger partial charge in [0.05, 0.1) is 11.2 Å². The first-order valence-corrected chi connectivity index (χ1v) is 5.54. The second-order valence-corrected chi connectivity index (χ2v) is 4.40. The lowest BCUT2D eigenvalue weighted by molar-refractivity contribution is -0.107. The Kier molecular flexibility index (Phi) is 2.77. The van der Waals surface area contributed by atoms with Crippen molar-refractivity contribution in [1.82, 2.24) is 9.38 Å². The topological polar surface area (TPSA) is 34.4 Å². The number of hydrogen-bond acceptors (Lipinski definition) is 2. The molecule has 0 saturated heterocycles. The van der Waals surface area contributed by atoms with E-state index in [1.807, 2.05) is 6.07 Å². The molecule has 0 saturated carbocycles. The summed E-state index contributed by atoms with van der Waals surface area (Å²) in [6.07, 6.45) is 3.37. The Morgan fingerprint density at radius 1 is 1.44 bits per heavy atom. The summed E-state index contributed by atoms with van der Waals surface area (Å²) in [4.78, 5) is 15.2. The van der Waals surface area contributed by atoms with Gasteiger partial charge >= 0.3 is 0 Å². The lowest BCUT2D eigenvalue weighted by Gasteiger charge is -2.04. The molecule has 0 amide bonds. The van der Waals surface area contributed by atoms with Crippen LogP contribution in [0, 0.1) is 6.92 Å². The third-order valence-electron chi connectivity index (χ3n) is 2.68. The molecule has 0 atom stereocenters. The first kappa shape index (κ1) is 10.9. The van der Waals surface area contributed by atoms with E-state index in [0.29, 0.717) is 12.3 Å². The van der Waals surface area contributed by atoms with Crippen LogP contribution < -0.4 is 0 Å². The summed E-state index contributed by atoms with van der Waals surface area (Å²) in [5.41, 5.74) is 3.12. The monoisotopic (exact) mass is 216 g/mol. The van der Waals surface area contributed by atoms with Gasteiger partial charge in [-0.05, 0) is 18.6 Å². The molecule has 0 aliphatic carbocycles. The number of aryl methyl sites for hydroxylation is 1. The average molecular weight is 216 g/mol. The lowest BCUT2D eigenvalue weighted by atomic mass is 10.2. The van der Waals surface area contributed by atoms with Crippen molar-refractivity contribution in [2.24, 2.45) is 0 Å². The van der Waals surface area contributed by atoms with E-state index in [4.69, 9.17) is 0 Å². The molecular weight excluding hydrogens is 200 g/mol. The van der Waals surface area contributed by atoms with Crippen LogP contribution in [0.4, 0.5) is 0 Å². The molecular formula is C13H16N2O. The van der Waals surface area contributed by atoms with Gasteiger partial charge in [0.1, 0.15) is 12.1 Å². The van der Waals surface area contributed by atoms with Crippen molar-refractivity contribution < 1.29 is 4.79 Å². The molecule has 2 rings (SSSR count). The molecule has 0 bridgehead atoms. The molecule has 0 N–H and O–H groups in total. The minimum Gasteiger partial charge on any atom is -0.303 e. The molecule has 84 valence electrons. The van der Waals surface area contributed by atoms with E-state index in [1.165, 1.54) is 5.56 Å². The molecule has 2 heterocycles. The van der Waals surface area contributed by atoms with Crippen molar-refractivity contribution in [1.29, 1.82) is 0 Å². The second-order valence-electron chi connectivity index (χ2n) is 4.40. The fourth-order valence-corrected chi connectivity index (χ4v) is 1.92. The fraction of sp³-hybridized carbons (Fsp3) is 0.385. The van der Waals surface area contributed by atoms with E-state index in [1.54, 1.807) is 0 Å². The number of fused-ring (bicyclic) bond motifs is 1. The zero-order chi connectivity index (χ0) is 11.7. The zero-order valence-corrected chi connectivity index (χ0v) is 9.90. The van der Waals surface area contributed by atoms with Crippen molar-refractivity contribution in [3.63, 3.8) is 0 Å². The smallest absolute Gasteiger partial charge is 0.126 e. The molecule has 0 fully saturated rings. The molecule has 0 aliphatic rings. The Balaban J connectivity index is 2.70. The minimum absolute atomic E-state index is 0.356. The normalized spacial score (nSPS) is 11.2. The molecule has 0 spiro atoms. The number of carbonyl (C=O) groups is 1. The summed E-state index contributed by atoms with van der Waals surface area (Å²) >= 11 is 0. The molecule has 3 heteroatoms. The number of rotatable bonds is 3. The standard InChI is InChI=1S/C13H16N2O/c1-9(2)13-14-11(6-7-16)12-5-4-10(3)8-15(12)13/h4-5,7-9H,6H2,1-3H3. The molecule has 2 aromatic rings. The quantitative estimate of drug-likeness (QED) is 0.739. The number of aldehydes is 1. The number of imidazole rings is 1. The highest BCUT2D eigenvalue weighted by molar-refractivity contribution is 5.63. The lowest BCUT2D eigenvalue weighted by Crippen LogP contribution is -1.96. The fourth-order valence-electron chi connectivity index (χ4n) is 1.92. The van der Waals surface area contributed by atoms with Crippen molar-refractivity contribution >= 4 is 11.8 Å². The minimum atomic E-state index is 0.356. The van der Waals surface area contributed by atoms with Crippen molar-refractivity contribution in [2.45, 2.75) is 33.1 Å². The number of pyridine rings is 1. The van der Waals surface area contributed by atoms with Gasteiger partial charge in [-0.25, -0.2) is 4.98 Å². The van der Waals surface area contributed by atoms with Crippen LogP contribution in [0.3, 0.4) is 0 Å². The molecule has 2 aromatic heterocycles. The third-order valence-corrected chi connectivity index (χ3v) is 2.68. The third kappa shape index (κ3) is 1.73. The van der Waals surface area contributed by atoms with E-state index >= 15 is 0 Å². The van der Waals surface area contributed by atoms with Crippen molar-refractivity contribution in [2.75, 3.05) is 0 Å². The number of hydrogen-bond donors (Lipinski definition) is 0. The molecule has 0 radical (unpaired) electrons. The predicted octanol–water partition coefficient (Wildman–Crippen LogP) is 2.51. The van der Waals surface area contributed by atoms with E-state index in [0.717, 1.165) is 23.3 Å². The maximum absolute atomic E-state index is 10.6. The summed E-state index contributed by atoms with van der Waals surface area (Å²) in [6, 6.07) is 4.09. The van der Waals surface area contributed by atoms with Crippen LogP contribution in [0.2, 0.25) is 0 Å². The maximum Gasteiger partial charge on any atom is 0.126 e. The largest absolute Gasteiger partial charge is 0.303 e. The van der Waals surface area contributed by atoms with Gasteiger partial charge in [0.25, 0.3) is 0 Å². The summed E-state index contributed by atoms with van der Waals surface area (Å²) in [5.74, 6) is 1.38. The van der Waals surface area contributed by atoms with Gasteiger partial charge < -0.3 is 9.20 Å². The summed E-state index contributed by atoms with van der Waals surface area (Å²) < 4.78 is 2.10. The van der Waals surface area contributed by atoms with Crippen LogP contribution in [0.5, 0.6) is 0 Å².